The van der Waals surface area contributed by atoms with E-state index in [2.05, 4.69) is 52.5 Å². The van der Waals surface area contributed by atoms with E-state index in [1.807, 2.05) is 6.92 Å². The van der Waals surface area contributed by atoms with E-state index >= 15 is 0 Å². The summed E-state index contributed by atoms with van der Waals surface area (Å²) >= 11 is 0. The first-order chi connectivity index (χ1) is 11.9. The minimum Gasteiger partial charge on any atom is -0.369 e. The summed E-state index contributed by atoms with van der Waals surface area (Å²) in [5.41, 5.74) is 3.91. The number of nitrogens with one attached hydrogen (secondary N) is 2. The van der Waals surface area contributed by atoms with Gasteiger partial charge in [-0.05, 0) is 44.9 Å². The van der Waals surface area contributed by atoms with Gasteiger partial charge in [-0.2, -0.15) is 0 Å². The van der Waals surface area contributed by atoms with Gasteiger partial charge in [0.05, 0.1) is 6.54 Å². The summed E-state index contributed by atoms with van der Waals surface area (Å²) < 4.78 is 0. The first-order valence-electron chi connectivity index (χ1n) is 9.03. The van der Waals surface area contributed by atoms with E-state index in [0.29, 0.717) is 13.1 Å². The van der Waals surface area contributed by atoms with Gasteiger partial charge >= 0.3 is 0 Å². The highest BCUT2D eigenvalue weighted by Crippen LogP contribution is 2.23. The van der Waals surface area contributed by atoms with E-state index in [1.165, 1.54) is 16.8 Å². The fourth-order valence-electron chi connectivity index (χ4n) is 3.11. The molecule has 1 heterocycles. The van der Waals surface area contributed by atoms with Crippen molar-refractivity contribution in [1.82, 2.24) is 15.5 Å². The van der Waals surface area contributed by atoms with Crippen LogP contribution in [0.3, 0.4) is 0 Å². The van der Waals surface area contributed by atoms with E-state index in [1.54, 1.807) is 6.92 Å². The van der Waals surface area contributed by atoms with Gasteiger partial charge in [0, 0.05) is 38.4 Å². The molecule has 1 aromatic rings. The van der Waals surface area contributed by atoms with Crippen molar-refractivity contribution in [2.45, 2.75) is 33.7 Å². The van der Waals surface area contributed by atoms with Crippen molar-refractivity contribution in [3.8, 4) is 0 Å². The molecule has 1 aliphatic heterocycles. The number of nitrogens with zero attached hydrogens (tertiary/aromatic N) is 2. The number of piperazine rings is 1. The first-order valence-corrected chi connectivity index (χ1v) is 9.03. The lowest BCUT2D eigenvalue weighted by molar-refractivity contribution is -0.129. The second-order valence-electron chi connectivity index (χ2n) is 6.67. The molecule has 1 aromatic carbocycles. The number of carbonyl (C=O) groups is 2. The number of hydrogen-bond acceptors (Lipinski definition) is 4. The van der Waals surface area contributed by atoms with Crippen LogP contribution in [0.2, 0.25) is 0 Å². The summed E-state index contributed by atoms with van der Waals surface area (Å²) in [5.74, 6) is -0.241. The predicted molar refractivity (Wildman–Crippen MR) is 101 cm³/mol. The Balaban J connectivity index is 1.81. The molecule has 0 aromatic heterocycles. The number of rotatable bonds is 6. The third kappa shape index (κ3) is 5.19. The van der Waals surface area contributed by atoms with Crippen molar-refractivity contribution in [1.29, 1.82) is 0 Å². The van der Waals surface area contributed by atoms with Gasteiger partial charge in [0.25, 0.3) is 0 Å². The van der Waals surface area contributed by atoms with E-state index < -0.39 is 6.04 Å². The molecule has 138 valence electrons. The van der Waals surface area contributed by atoms with E-state index in [4.69, 9.17) is 0 Å². The molecule has 2 rings (SSSR count). The Morgan fingerprint density at radius 1 is 1.16 bits per heavy atom. The average molecular weight is 346 g/mol. The van der Waals surface area contributed by atoms with Crippen molar-refractivity contribution in [2.24, 2.45) is 0 Å². The van der Waals surface area contributed by atoms with Gasteiger partial charge < -0.3 is 15.5 Å². The molecule has 0 saturated carbocycles. The summed E-state index contributed by atoms with van der Waals surface area (Å²) in [7, 11) is 0. The summed E-state index contributed by atoms with van der Waals surface area (Å²) in [6.07, 6.45) is 0. The minimum atomic E-state index is -0.497. The lowest BCUT2D eigenvalue weighted by atomic mass is 10.1. The van der Waals surface area contributed by atoms with Crippen LogP contribution in [-0.4, -0.2) is 62.0 Å². The van der Waals surface area contributed by atoms with Crippen LogP contribution in [-0.2, 0) is 9.59 Å². The summed E-state index contributed by atoms with van der Waals surface area (Å²) in [6.45, 7) is 12.3. The number of anilines is 1. The Kier molecular flexibility index (Phi) is 6.82. The number of likely N-dealkylation sites (N-methyl/N-ethyl adjacent to an activating group) is 1. The molecule has 6 heteroatoms. The fraction of sp³-hybridized carbons (Fsp3) is 0.579. The minimum absolute atomic E-state index is 0.0982. The standard InChI is InChI=1S/C19H30N4O2/c1-5-20-19(25)16(4)21-18(24)13-22-9-11-23(12-10-22)17-8-6-7-14(2)15(17)3/h6-8,16H,5,9-13H2,1-4H3,(H,20,25)(H,21,24)/t16-/m1/s1. The van der Waals surface area contributed by atoms with E-state index in [9.17, 15) is 9.59 Å². The van der Waals surface area contributed by atoms with Crippen LogP contribution in [0.4, 0.5) is 5.69 Å². The molecule has 2 N–H and O–H groups in total. The van der Waals surface area contributed by atoms with Crippen LogP contribution in [0.15, 0.2) is 18.2 Å². The fourth-order valence-corrected chi connectivity index (χ4v) is 3.11. The molecule has 2 amide bonds. The van der Waals surface area contributed by atoms with Crippen molar-refractivity contribution in [3.05, 3.63) is 29.3 Å². The second kappa shape index (κ2) is 8.85. The van der Waals surface area contributed by atoms with Gasteiger partial charge in [0.2, 0.25) is 11.8 Å². The van der Waals surface area contributed by atoms with Crippen molar-refractivity contribution in [3.63, 3.8) is 0 Å². The van der Waals surface area contributed by atoms with Gasteiger partial charge in [-0.1, -0.05) is 12.1 Å². The summed E-state index contributed by atoms with van der Waals surface area (Å²) in [4.78, 5) is 28.3. The number of benzene rings is 1. The summed E-state index contributed by atoms with van der Waals surface area (Å²) in [5, 5.41) is 5.48. The van der Waals surface area contributed by atoms with Crippen molar-refractivity contribution >= 4 is 17.5 Å². The molecule has 0 unspecified atom stereocenters. The van der Waals surface area contributed by atoms with Gasteiger partial charge in [0.15, 0.2) is 0 Å². The van der Waals surface area contributed by atoms with E-state index in [-0.39, 0.29) is 11.8 Å². The molecule has 0 aliphatic carbocycles. The second-order valence-corrected chi connectivity index (χ2v) is 6.67. The molecule has 25 heavy (non-hydrogen) atoms. The zero-order chi connectivity index (χ0) is 18.4. The van der Waals surface area contributed by atoms with Crippen LogP contribution in [0.25, 0.3) is 0 Å². The number of aryl methyl sites for hydroxylation is 1. The molecule has 1 saturated heterocycles. The molecular formula is C19H30N4O2. The molecule has 0 radical (unpaired) electrons. The Hall–Kier alpha value is -2.08. The highest BCUT2D eigenvalue weighted by Gasteiger charge is 2.22. The van der Waals surface area contributed by atoms with E-state index in [0.717, 1.165) is 26.2 Å². The van der Waals surface area contributed by atoms with Gasteiger partial charge in [-0.3, -0.25) is 14.5 Å². The maximum Gasteiger partial charge on any atom is 0.242 e. The molecule has 1 fully saturated rings. The van der Waals surface area contributed by atoms with Gasteiger partial charge in [-0.25, -0.2) is 0 Å². The zero-order valence-electron chi connectivity index (χ0n) is 15.8. The zero-order valence-corrected chi connectivity index (χ0v) is 15.8. The molecule has 0 spiro atoms. The maximum absolute atomic E-state index is 12.1. The smallest absolute Gasteiger partial charge is 0.242 e. The molecule has 1 atom stereocenters. The third-order valence-electron chi connectivity index (χ3n) is 4.78. The predicted octanol–water partition coefficient (Wildman–Crippen LogP) is 1.07. The molecule has 1 aliphatic rings. The number of carbonyl (C=O) groups excluding carboxylic acids is 2. The maximum atomic E-state index is 12.1. The molecule has 6 nitrogen and oxygen atoms in total. The van der Waals surface area contributed by atoms with Crippen molar-refractivity contribution < 1.29 is 9.59 Å². The first kappa shape index (κ1) is 19.2. The van der Waals surface area contributed by atoms with Crippen molar-refractivity contribution in [2.75, 3.05) is 44.2 Å². The normalized spacial score (nSPS) is 16.4. The highest BCUT2D eigenvalue weighted by atomic mass is 16.2. The average Bonchev–Trinajstić information content (AvgIpc) is 2.58. The van der Waals surface area contributed by atoms with Gasteiger partial charge in [-0.15, -0.1) is 0 Å². The molecular weight excluding hydrogens is 316 g/mol. The SMILES string of the molecule is CCNC(=O)[C@@H](C)NC(=O)CN1CCN(c2cccc(C)c2C)CC1. The Labute approximate surface area is 150 Å². The van der Waals surface area contributed by atoms with Crippen LogP contribution in [0.5, 0.6) is 0 Å². The lowest BCUT2D eigenvalue weighted by Crippen LogP contribution is -2.52. The van der Waals surface area contributed by atoms with Crippen LogP contribution in [0.1, 0.15) is 25.0 Å². The Morgan fingerprint density at radius 2 is 1.84 bits per heavy atom. The van der Waals surface area contributed by atoms with Gasteiger partial charge in [0.1, 0.15) is 6.04 Å². The third-order valence-corrected chi connectivity index (χ3v) is 4.78. The van der Waals surface area contributed by atoms with Crippen LogP contribution < -0.4 is 15.5 Å². The monoisotopic (exact) mass is 346 g/mol. The summed E-state index contributed by atoms with van der Waals surface area (Å²) in [6, 6.07) is 5.90. The molecule has 0 bridgehead atoms. The van der Waals surface area contributed by atoms with Crippen LogP contribution >= 0.6 is 0 Å². The largest absolute Gasteiger partial charge is 0.369 e. The number of hydrogen-bond donors (Lipinski definition) is 2. The lowest BCUT2D eigenvalue weighted by Gasteiger charge is -2.36. The topological polar surface area (TPSA) is 64.7 Å². The highest BCUT2D eigenvalue weighted by molar-refractivity contribution is 5.87. The quantitative estimate of drug-likeness (QED) is 0.809. The van der Waals surface area contributed by atoms with Crippen LogP contribution in [0, 0.1) is 13.8 Å². The Bertz CT molecular complexity index is 609. The number of amides is 2. The Morgan fingerprint density at radius 3 is 2.48 bits per heavy atom.